The third-order valence-corrected chi connectivity index (χ3v) is 1.18. The zero-order valence-corrected chi connectivity index (χ0v) is 6.92. The van der Waals surface area contributed by atoms with Crippen molar-refractivity contribution in [3.05, 3.63) is 41.4 Å². The van der Waals surface area contributed by atoms with Crippen molar-refractivity contribution < 1.29 is 17.1 Å². The number of rotatable bonds is 1. The summed E-state index contributed by atoms with van der Waals surface area (Å²) in [6, 6.07) is 9.93. The topological polar surface area (TPSA) is 0 Å². The van der Waals surface area contributed by atoms with E-state index in [1.54, 1.807) is 0 Å². The van der Waals surface area contributed by atoms with Gasteiger partial charge in [-0.25, -0.2) is 0 Å². The third-order valence-electron chi connectivity index (χ3n) is 1.06. The van der Waals surface area contributed by atoms with E-state index >= 15 is 0 Å². The van der Waals surface area contributed by atoms with Crippen LogP contribution in [0.4, 0.5) is 0 Å². The van der Waals surface area contributed by atoms with Gasteiger partial charge in [0.15, 0.2) is 0 Å². The number of hydrogen-bond acceptors (Lipinski definition) is 0. The molecule has 0 fully saturated rings. The van der Waals surface area contributed by atoms with Gasteiger partial charge in [0.25, 0.3) is 0 Å². The van der Waals surface area contributed by atoms with Gasteiger partial charge in [0.05, 0.1) is 0 Å². The molecule has 0 heterocycles. The fourth-order valence-corrected chi connectivity index (χ4v) is 0.782. The molecule has 1 aromatic rings. The van der Waals surface area contributed by atoms with Crippen molar-refractivity contribution in [1.82, 2.24) is 0 Å². The van der Waals surface area contributed by atoms with Crippen LogP contribution in [0, 0.1) is 0 Å². The van der Waals surface area contributed by atoms with Crippen LogP contribution < -0.4 is 0 Å². The van der Waals surface area contributed by atoms with E-state index in [1.807, 2.05) is 36.4 Å². The van der Waals surface area contributed by atoms with Crippen LogP contribution in [0.5, 0.6) is 0 Å². The predicted octanol–water partition coefficient (Wildman–Crippen LogP) is 2.89. The standard InChI is InChI=1S/C8H7Cl.Cu/c9-7-6-8-4-2-1-3-5-8;/h1-7H;. The Kier molecular flexibility index (Phi) is 5.42. The van der Waals surface area contributed by atoms with Crippen molar-refractivity contribution >= 4 is 17.7 Å². The van der Waals surface area contributed by atoms with Gasteiger partial charge in [-0.05, 0) is 11.6 Å². The summed E-state index contributed by atoms with van der Waals surface area (Å²) in [6.07, 6.45) is 1.85. The van der Waals surface area contributed by atoms with Gasteiger partial charge in [-0.15, -0.1) is 0 Å². The molecule has 0 spiro atoms. The van der Waals surface area contributed by atoms with Gasteiger partial charge in [0.2, 0.25) is 0 Å². The van der Waals surface area contributed by atoms with Crippen molar-refractivity contribution in [2.75, 3.05) is 0 Å². The zero-order valence-electron chi connectivity index (χ0n) is 5.22. The fraction of sp³-hybridized carbons (Fsp3) is 0. The largest absolute Gasteiger partial charge is 0.0929 e. The summed E-state index contributed by atoms with van der Waals surface area (Å²) in [4.78, 5) is 0. The minimum absolute atomic E-state index is 0. The van der Waals surface area contributed by atoms with E-state index in [0.29, 0.717) is 0 Å². The van der Waals surface area contributed by atoms with Crippen LogP contribution in [0.3, 0.4) is 0 Å². The molecule has 0 aliphatic carbocycles. The molecule has 57 valence electrons. The summed E-state index contributed by atoms with van der Waals surface area (Å²) in [7, 11) is 0. The molecule has 0 N–H and O–H groups in total. The maximum Gasteiger partial charge on any atom is 0.00484 e. The van der Waals surface area contributed by atoms with E-state index < -0.39 is 0 Å². The number of halogens is 1. The molecule has 0 aliphatic heterocycles. The summed E-state index contributed by atoms with van der Waals surface area (Å²) in [5.74, 6) is 0. The second-order valence-electron chi connectivity index (χ2n) is 1.70. The Morgan fingerprint density at radius 3 is 2.20 bits per heavy atom. The molecule has 10 heavy (non-hydrogen) atoms. The number of benzene rings is 1. The molecule has 1 rings (SSSR count). The SMILES string of the molecule is ClC=Cc1ccccc1.[Cu]. The average Bonchev–Trinajstić information content (AvgIpc) is 1.91. The quantitative estimate of drug-likeness (QED) is 0.614. The molecule has 0 atom stereocenters. The van der Waals surface area contributed by atoms with Crippen LogP contribution in [0.2, 0.25) is 0 Å². The molecule has 0 bridgehead atoms. The summed E-state index contributed by atoms with van der Waals surface area (Å²) in [5, 5.41) is 0. The second-order valence-corrected chi connectivity index (χ2v) is 1.96. The van der Waals surface area contributed by atoms with Crippen LogP contribution in [0.1, 0.15) is 5.56 Å². The van der Waals surface area contributed by atoms with Gasteiger partial charge in [-0.3, -0.25) is 0 Å². The molecule has 2 heteroatoms. The Morgan fingerprint density at radius 2 is 1.70 bits per heavy atom. The molecule has 1 aromatic carbocycles. The maximum atomic E-state index is 5.36. The van der Waals surface area contributed by atoms with Crippen LogP contribution in [-0.2, 0) is 17.1 Å². The van der Waals surface area contributed by atoms with Crippen molar-refractivity contribution in [3.63, 3.8) is 0 Å². The molecule has 0 saturated heterocycles. The first kappa shape index (κ1) is 9.77. The normalized spacial score (nSPS) is 9.30. The van der Waals surface area contributed by atoms with E-state index in [1.165, 1.54) is 5.54 Å². The van der Waals surface area contributed by atoms with Gasteiger partial charge in [-0.2, -0.15) is 0 Å². The van der Waals surface area contributed by atoms with Crippen molar-refractivity contribution in [2.45, 2.75) is 0 Å². The van der Waals surface area contributed by atoms with Gasteiger partial charge < -0.3 is 0 Å². The average molecular weight is 202 g/mol. The molecule has 0 unspecified atom stereocenters. The van der Waals surface area contributed by atoms with Crippen molar-refractivity contribution in [2.24, 2.45) is 0 Å². The van der Waals surface area contributed by atoms with Crippen LogP contribution >= 0.6 is 11.6 Å². The molecule has 0 nitrogen and oxygen atoms in total. The predicted molar refractivity (Wildman–Crippen MR) is 41.3 cm³/mol. The smallest absolute Gasteiger partial charge is 0.00484 e. The van der Waals surface area contributed by atoms with E-state index in [0.717, 1.165) is 5.56 Å². The molecule has 0 amide bonds. The van der Waals surface area contributed by atoms with Crippen LogP contribution in [0.25, 0.3) is 6.08 Å². The minimum atomic E-state index is 0. The molecule has 0 aliphatic rings. The zero-order chi connectivity index (χ0) is 6.53. The van der Waals surface area contributed by atoms with E-state index in [2.05, 4.69) is 0 Å². The summed E-state index contributed by atoms with van der Waals surface area (Å²) in [6.45, 7) is 0. The molecule has 0 saturated carbocycles. The Balaban J connectivity index is 0.000000810. The maximum absolute atomic E-state index is 5.36. The Morgan fingerprint density at radius 1 is 1.10 bits per heavy atom. The van der Waals surface area contributed by atoms with Crippen LogP contribution in [0.15, 0.2) is 35.9 Å². The molecule has 0 aromatic heterocycles. The fourth-order valence-electron chi connectivity index (χ4n) is 0.637. The van der Waals surface area contributed by atoms with Gasteiger partial charge in [0.1, 0.15) is 0 Å². The van der Waals surface area contributed by atoms with Gasteiger partial charge in [0, 0.05) is 22.6 Å². The summed E-state index contributed by atoms with van der Waals surface area (Å²) < 4.78 is 0. The first-order valence-corrected chi connectivity index (χ1v) is 3.19. The monoisotopic (exact) mass is 201 g/mol. The Bertz CT molecular complexity index is 194. The van der Waals surface area contributed by atoms with Gasteiger partial charge in [-0.1, -0.05) is 41.9 Å². The molecular formula is C8H7ClCu. The molecular weight excluding hydrogens is 195 g/mol. The Labute approximate surface area is 76.4 Å². The Hall–Kier alpha value is -0.231. The van der Waals surface area contributed by atoms with E-state index in [9.17, 15) is 0 Å². The van der Waals surface area contributed by atoms with E-state index in [4.69, 9.17) is 11.6 Å². The van der Waals surface area contributed by atoms with Gasteiger partial charge >= 0.3 is 0 Å². The van der Waals surface area contributed by atoms with Crippen LogP contribution in [-0.4, -0.2) is 0 Å². The third kappa shape index (κ3) is 3.07. The summed E-state index contributed by atoms with van der Waals surface area (Å²) >= 11 is 5.36. The minimum Gasteiger partial charge on any atom is -0.0929 e. The van der Waals surface area contributed by atoms with Crippen molar-refractivity contribution in [3.8, 4) is 0 Å². The first-order valence-electron chi connectivity index (χ1n) is 2.75. The second kappa shape index (κ2) is 5.55. The first-order chi connectivity index (χ1) is 4.43. The summed E-state index contributed by atoms with van der Waals surface area (Å²) in [5.41, 5.74) is 2.64. The van der Waals surface area contributed by atoms with E-state index in [-0.39, 0.29) is 17.1 Å². The number of hydrogen-bond donors (Lipinski definition) is 0. The molecule has 1 radical (unpaired) electrons. The van der Waals surface area contributed by atoms with Crippen molar-refractivity contribution in [1.29, 1.82) is 0 Å².